The molecule has 0 radical (unpaired) electrons. The third kappa shape index (κ3) is 3.33. The number of aromatic nitrogens is 2. The number of ether oxygens (including phenoxy) is 2. The fraction of sp³-hybridized carbons (Fsp3) is 0.261. The van der Waals surface area contributed by atoms with E-state index in [0.717, 1.165) is 17.7 Å². The van der Waals surface area contributed by atoms with E-state index in [9.17, 15) is 5.26 Å². The maximum Gasteiger partial charge on any atom is 0.189 e. The van der Waals surface area contributed by atoms with Gasteiger partial charge in [-0.25, -0.2) is 9.97 Å². The summed E-state index contributed by atoms with van der Waals surface area (Å²) in [6.45, 7) is 2.15. The number of para-hydroxylation sites is 1. The smallest absolute Gasteiger partial charge is 0.189 e. The van der Waals surface area contributed by atoms with Gasteiger partial charge in [-0.3, -0.25) is 0 Å². The lowest BCUT2D eigenvalue weighted by molar-refractivity contribution is 0.355. The van der Waals surface area contributed by atoms with Crippen LogP contribution in [0.5, 0.6) is 11.5 Å². The van der Waals surface area contributed by atoms with Crippen molar-refractivity contribution in [2.24, 2.45) is 0 Å². The SMILES string of the molecule is COc1ccc(-c2nc(SC)nc(N3c4ccccc4CC3C)c2C#N)cc1OC. The number of hydrogen-bond acceptors (Lipinski definition) is 7. The van der Waals surface area contributed by atoms with E-state index < -0.39 is 0 Å². The van der Waals surface area contributed by atoms with E-state index in [2.05, 4.69) is 35.0 Å². The normalized spacial score (nSPS) is 14.9. The number of rotatable bonds is 5. The van der Waals surface area contributed by atoms with Crippen LogP contribution in [-0.2, 0) is 6.42 Å². The van der Waals surface area contributed by atoms with Gasteiger partial charge in [0, 0.05) is 17.3 Å². The Morgan fingerprint density at radius 1 is 1.10 bits per heavy atom. The minimum absolute atomic E-state index is 0.192. The van der Waals surface area contributed by atoms with Gasteiger partial charge in [-0.2, -0.15) is 5.26 Å². The van der Waals surface area contributed by atoms with Crippen molar-refractivity contribution in [3.05, 3.63) is 53.6 Å². The molecule has 0 aliphatic carbocycles. The van der Waals surface area contributed by atoms with Crippen molar-refractivity contribution in [3.8, 4) is 28.8 Å². The van der Waals surface area contributed by atoms with Crippen molar-refractivity contribution in [2.45, 2.75) is 24.5 Å². The molecule has 7 heteroatoms. The summed E-state index contributed by atoms with van der Waals surface area (Å²) in [5.74, 6) is 1.85. The van der Waals surface area contributed by atoms with Crippen LogP contribution >= 0.6 is 11.8 Å². The number of fused-ring (bicyclic) bond motifs is 1. The van der Waals surface area contributed by atoms with Gasteiger partial charge in [-0.05, 0) is 49.4 Å². The van der Waals surface area contributed by atoms with E-state index in [1.165, 1.54) is 17.3 Å². The summed E-state index contributed by atoms with van der Waals surface area (Å²) in [6, 6.07) is 16.4. The predicted molar refractivity (Wildman–Crippen MR) is 119 cm³/mol. The minimum Gasteiger partial charge on any atom is -0.493 e. The van der Waals surface area contributed by atoms with Gasteiger partial charge in [-0.1, -0.05) is 30.0 Å². The van der Waals surface area contributed by atoms with E-state index in [1.54, 1.807) is 14.2 Å². The number of thioether (sulfide) groups is 1. The lowest BCUT2D eigenvalue weighted by Gasteiger charge is -2.26. The number of hydrogen-bond donors (Lipinski definition) is 0. The van der Waals surface area contributed by atoms with Crippen LogP contribution in [0.15, 0.2) is 47.6 Å². The molecule has 1 unspecified atom stereocenters. The Kier molecular flexibility index (Phi) is 5.51. The molecule has 1 aliphatic rings. The predicted octanol–water partition coefficient (Wildman–Crippen LogP) is 4.84. The zero-order chi connectivity index (χ0) is 21.3. The molecule has 2 heterocycles. The number of methoxy groups -OCH3 is 2. The molecule has 0 saturated carbocycles. The highest BCUT2D eigenvalue weighted by Crippen LogP contribution is 2.42. The van der Waals surface area contributed by atoms with Crippen molar-refractivity contribution in [1.29, 1.82) is 5.26 Å². The fourth-order valence-electron chi connectivity index (χ4n) is 3.88. The number of nitrogens with zero attached hydrogens (tertiary/aromatic N) is 4. The summed E-state index contributed by atoms with van der Waals surface area (Å²) < 4.78 is 10.8. The molecule has 4 rings (SSSR count). The largest absolute Gasteiger partial charge is 0.493 e. The van der Waals surface area contributed by atoms with Gasteiger partial charge >= 0.3 is 0 Å². The summed E-state index contributed by atoms with van der Waals surface area (Å²) in [5, 5.41) is 10.7. The molecular weight excluding hydrogens is 396 g/mol. The van der Waals surface area contributed by atoms with Gasteiger partial charge < -0.3 is 14.4 Å². The highest BCUT2D eigenvalue weighted by Gasteiger charge is 2.31. The Morgan fingerprint density at radius 3 is 2.57 bits per heavy atom. The van der Waals surface area contributed by atoms with E-state index in [-0.39, 0.29) is 6.04 Å². The molecule has 152 valence electrons. The molecule has 0 N–H and O–H groups in total. The first-order chi connectivity index (χ1) is 14.6. The van der Waals surface area contributed by atoms with Crippen molar-refractivity contribution in [2.75, 3.05) is 25.4 Å². The summed E-state index contributed by atoms with van der Waals surface area (Å²) in [4.78, 5) is 11.6. The molecule has 2 aromatic carbocycles. The third-order valence-electron chi connectivity index (χ3n) is 5.26. The highest BCUT2D eigenvalue weighted by atomic mass is 32.2. The molecular formula is C23H22N4O2S. The molecule has 0 saturated heterocycles. The second-order valence-corrected chi connectivity index (χ2v) is 7.76. The van der Waals surface area contributed by atoms with Gasteiger partial charge in [0.2, 0.25) is 0 Å². The molecule has 1 aliphatic heterocycles. The summed E-state index contributed by atoms with van der Waals surface area (Å²) in [6.07, 6.45) is 2.84. The van der Waals surface area contributed by atoms with Crippen LogP contribution in [0, 0.1) is 11.3 Å². The van der Waals surface area contributed by atoms with E-state index in [1.807, 2.05) is 36.6 Å². The Labute approximate surface area is 180 Å². The standard InChI is InChI=1S/C23H22N4O2S/c1-14-11-15-7-5-6-8-18(15)27(14)22-17(13-24)21(25-23(26-22)30-4)16-9-10-19(28-2)20(12-16)29-3/h5-10,12,14H,11H2,1-4H3. The van der Waals surface area contributed by atoms with Gasteiger partial charge in [0.15, 0.2) is 22.5 Å². The molecule has 0 amide bonds. The Bertz CT molecular complexity index is 1140. The topological polar surface area (TPSA) is 71.3 Å². The molecule has 0 fully saturated rings. The van der Waals surface area contributed by atoms with Crippen molar-refractivity contribution < 1.29 is 9.47 Å². The zero-order valence-corrected chi connectivity index (χ0v) is 18.2. The molecule has 1 aromatic heterocycles. The first-order valence-corrected chi connectivity index (χ1v) is 10.8. The first kappa shape index (κ1) is 20.0. The Balaban J connectivity index is 1.94. The highest BCUT2D eigenvalue weighted by molar-refractivity contribution is 7.98. The molecule has 3 aromatic rings. The second kappa shape index (κ2) is 8.25. The van der Waals surface area contributed by atoms with Gasteiger partial charge in [0.25, 0.3) is 0 Å². The van der Waals surface area contributed by atoms with Crippen LogP contribution in [0.2, 0.25) is 0 Å². The van der Waals surface area contributed by atoms with E-state index in [0.29, 0.717) is 33.7 Å². The summed E-state index contributed by atoms with van der Waals surface area (Å²) in [5.41, 5.74) is 4.16. The fourth-order valence-corrected chi connectivity index (χ4v) is 4.24. The van der Waals surface area contributed by atoms with Crippen LogP contribution in [-0.4, -0.2) is 36.5 Å². The van der Waals surface area contributed by atoms with Crippen LogP contribution < -0.4 is 14.4 Å². The van der Waals surface area contributed by atoms with Crippen LogP contribution in [0.3, 0.4) is 0 Å². The maximum atomic E-state index is 10.1. The number of benzene rings is 2. The molecule has 1 atom stereocenters. The third-order valence-corrected chi connectivity index (χ3v) is 5.80. The second-order valence-electron chi connectivity index (χ2n) is 6.99. The number of anilines is 2. The van der Waals surface area contributed by atoms with Gasteiger partial charge in [0.05, 0.1) is 19.9 Å². The summed E-state index contributed by atoms with van der Waals surface area (Å²) in [7, 11) is 3.19. The van der Waals surface area contributed by atoms with E-state index in [4.69, 9.17) is 14.5 Å². The summed E-state index contributed by atoms with van der Waals surface area (Å²) >= 11 is 1.46. The minimum atomic E-state index is 0.192. The van der Waals surface area contributed by atoms with Crippen LogP contribution in [0.1, 0.15) is 18.1 Å². The average Bonchev–Trinajstić information content (AvgIpc) is 3.13. The van der Waals surface area contributed by atoms with Crippen molar-refractivity contribution in [1.82, 2.24) is 9.97 Å². The molecule has 0 bridgehead atoms. The first-order valence-electron chi connectivity index (χ1n) is 9.57. The van der Waals surface area contributed by atoms with Gasteiger partial charge in [-0.15, -0.1) is 0 Å². The van der Waals surface area contributed by atoms with Crippen molar-refractivity contribution >= 4 is 23.3 Å². The Hall–Kier alpha value is -3.24. The molecule has 0 spiro atoms. The van der Waals surface area contributed by atoms with Crippen molar-refractivity contribution in [3.63, 3.8) is 0 Å². The molecule has 30 heavy (non-hydrogen) atoms. The quantitative estimate of drug-likeness (QED) is 0.434. The van der Waals surface area contributed by atoms with Crippen LogP contribution in [0.25, 0.3) is 11.3 Å². The van der Waals surface area contributed by atoms with Crippen LogP contribution in [0.4, 0.5) is 11.5 Å². The zero-order valence-electron chi connectivity index (χ0n) is 17.3. The maximum absolute atomic E-state index is 10.1. The average molecular weight is 419 g/mol. The number of nitriles is 1. The lowest BCUT2D eigenvalue weighted by atomic mass is 10.1. The van der Waals surface area contributed by atoms with E-state index >= 15 is 0 Å². The monoisotopic (exact) mass is 418 g/mol. The van der Waals surface area contributed by atoms with Gasteiger partial charge in [0.1, 0.15) is 11.6 Å². The molecule has 6 nitrogen and oxygen atoms in total. The Morgan fingerprint density at radius 2 is 1.87 bits per heavy atom. The lowest BCUT2D eigenvalue weighted by Crippen LogP contribution is -2.26.